The van der Waals surface area contributed by atoms with E-state index >= 15 is 0 Å². The van der Waals surface area contributed by atoms with E-state index in [2.05, 4.69) is 17.2 Å². The number of thiazole rings is 1. The molecule has 1 heterocycles. The van der Waals surface area contributed by atoms with Crippen LogP contribution in [0, 0.1) is 25.7 Å². The fourth-order valence-electron chi connectivity index (χ4n) is 3.30. The van der Waals surface area contributed by atoms with Gasteiger partial charge in [-0.3, -0.25) is 9.59 Å². The van der Waals surface area contributed by atoms with Gasteiger partial charge in [0.05, 0.1) is 10.7 Å². The summed E-state index contributed by atoms with van der Waals surface area (Å²) >= 11 is 1.45. The molecule has 1 fully saturated rings. The van der Waals surface area contributed by atoms with Crippen LogP contribution in [0.2, 0.25) is 0 Å². The highest BCUT2D eigenvalue weighted by Crippen LogP contribution is 2.30. The summed E-state index contributed by atoms with van der Waals surface area (Å²) in [5.41, 5.74) is 0.815. The summed E-state index contributed by atoms with van der Waals surface area (Å²) in [4.78, 5) is 29.3. The molecule has 0 saturated heterocycles. The van der Waals surface area contributed by atoms with Gasteiger partial charge in [0.1, 0.15) is 10.7 Å². The minimum absolute atomic E-state index is 0.00533. The van der Waals surface area contributed by atoms with Crippen molar-refractivity contribution in [1.29, 1.82) is 0 Å². The molecule has 5 heteroatoms. The number of rotatable bonds is 7. The smallest absolute Gasteiger partial charge is 0.263 e. The normalized spacial score (nSPS) is 21.2. The highest BCUT2D eigenvalue weighted by atomic mass is 32.1. The Morgan fingerprint density at radius 1 is 1.22 bits per heavy atom. The van der Waals surface area contributed by atoms with Crippen LogP contribution in [0.4, 0.5) is 0 Å². The number of aryl methyl sites for hydroxylation is 2. The van der Waals surface area contributed by atoms with Gasteiger partial charge in [0.15, 0.2) is 0 Å². The van der Waals surface area contributed by atoms with E-state index in [1.54, 1.807) is 0 Å². The molecule has 23 heavy (non-hydrogen) atoms. The molecule has 2 rings (SSSR count). The molecule has 1 aliphatic rings. The Bertz CT molecular complexity index is 545. The Balaban J connectivity index is 1.73. The van der Waals surface area contributed by atoms with Crippen molar-refractivity contribution in [2.45, 2.75) is 65.7 Å². The molecule has 1 aliphatic carbocycles. The number of carbonyl (C=O) groups is 2. The van der Waals surface area contributed by atoms with Crippen LogP contribution in [0.5, 0.6) is 0 Å². The largest absolute Gasteiger partial charge is 0.351 e. The zero-order chi connectivity index (χ0) is 16.8. The summed E-state index contributed by atoms with van der Waals surface area (Å²) in [5.74, 6) is 1.21. The van der Waals surface area contributed by atoms with Gasteiger partial charge in [-0.1, -0.05) is 13.3 Å². The maximum absolute atomic E-state index is 12.2. The number of ketones is 1. The first-order valence-corrected chi connectivity index (χ1v) is 9.57. The first kappa shape index (κ1) is 18.1. The predicted molar refractivity (Wildman–Crippen MR) is 93.9 cm³/mol. The van der Waals surface area contributed by atoms with Crippen LogP contribution in [0.15, 0.2) is 0 Å². The number of hydrogen-bond acceptors (Lipinski definition) is 4. The van der Waals surface area contributed by atoms with E-state index in [9.17, 15) is 9.59 Å². The lowest BCUT2D eigenvalue weighted by molar-refractivity contribution is -0.124. The maximum Gasteiger partial charge on any atom is 0.263 e. The molecule has 1 saturated carbocycles. The van der Waals surface area contributed by atoms with E-state index < -0.39 is 0 Å². The molecule has 0 aromatic carbocycles. The number of Topliss-reactive ketones (excluding diaryl/α,β-unsaturated/α-hetero) is 1. The second-order valence-corrected chi connectivity index (χ2v) is 7.85. The van der Waals surface area contributed by atoms with E-state index in [0.29, 0.717) is 18.2 Å². The number of nitrogens with one attached hydrogen (secondary N) is 1. The number of nitrogens with zero attached hydrogens (tertiary/aromatic N) is 1. The average Bonchev–Trinajstić information content (AvgIpc) is 2.89. The molecule has 0 unspecified atom stereocenters. The number of hydrogen-bond donors (Lipinski definition) is 1. The van der Waals surface area contributed by atoms with E-state index in [1.165, 1.54) is 11.3 Å². The van der Waals surface area contributed by atoms with Crippen molar-refractivity contribution < 1.29 is 9.59 Å². The highest BCUT2D eigenvalue weighted by molar-refractivity contribution is 7.13. The zero-order valence-corrected chi connectivity index (χ0v) is 15.3. The Kier molecular flexibility index (Phi) is 6.75. The van der Waals surface area contributed by atoms with Crippen LogP contribution in [0.3, 0.4) is 0 Å². The summed E-state index contributed by atoms with van der Waals surface area (Å²) in [6.07, 6.45) is 6.91. The van der Waals surface area contributed by atoms with E-state index in [4.69, 9.17) is 0 Å². The molecule has 1 aromatic rings. The molecular formula is C18H28N2O2S. The third kappa shape index (κ3) is 5.13. The van der Waals surface area contributed by atoms with Gasteiger partial charge in [0.25, 0.3) is 5.91 Å². The number of carbonyl (C=O) groups excluding carboxylic acids is 2. The Morgan fingerprint density at radius 2 is 1.91 bits per heavy atom. The van der Waals surface area contributed by atoms with Crippen molar-refractivity contribution in [2.75, 3.05) is 6.54 Å². The third-order valence-electron chi connectivity index (χ3n) is 4.74. The first-order valence-electron chi connectivity index (χ1n) is 8.76. The minimum atomic E-state index is -0.00533. The minimum Gasteiger partial charge on any atom is -0.351 e. The van der Waals surface area contributed by atoms with Gasteiger partial charge < -0.3 is 5.32 Å². The lowest BCUT2D eigenvalue weighted by Crippen LogP contribution is -2.32. The van der Waals surface area contributed by atoms with Gasteiger partial charge in [0.2, 0.25) is 0 Å². The average molecular weight is 337 g/mol. The summed E-state index contributed by atoms with van der Waals surface area (Å²) in [6.45, 7) is 6.64. The van der Waals surface area contributed by atoms with E-state index in [0.717, 1.165) is 60.5 Å². The lowest BCUT2D eigenvalue weighted by atomic mass is 9.79. The van der Waals surface area contributed by atoms with Crippen molar-refractivity contribution >= 4 is 23.0 Å². The van der Waals surface area contributed by atoms with Crippen molar-refractivity contribution in [3.63, 3.8) is 0 Å². The molecule has 4 nitrogen and oxygen atoms in total. The maximum atomic E-state index is 12.2. The summed E-state index contributed by atoms with van der Waals surface area (Å²) in [6, 6.07) is 0. The van der Waals surface area contributed by atoms with Gasteiger partial charge in [-0.15, -0.1) is 11.3 Å². The third-order valence-corrected chi connectivity index (χ3v) is 5.81. The Hall–Kier alpha value is -1.23. The van der Waals surface area contributed by atoms with Crippen LogP contribution in [0.25, 0.3) is 0 Å². The molecule has 1 amide bonds. The fraction of sp³-hybridized carbons (Fsp3) is 0.722. The summed E-state index contributed by atoms with van der Waals surface area (Å²) in [5, 5.41) is 3.98. The van der Waals surface area contributed by atoms with E-state index in [1.807, 2.05) is 13.8 Å². The van der Waals surface area contributed by atoms with Crippen LogP contribution < -0.4 is 5.32 Å². The van der Waals surface area contributed by atoms with Crippen LogP contribution in [0.1, 0.15) is 72.2 Å². The zero-order valence-electron chi connectivity index (χ0n) is 14.5. The Morgan fingerprint density at radius 3 is 2.48 bits per heavy atom. The van der Waals surface area contributed by atoms with E-state index in [-0.39, 0.29) is 11.8 Å². The standard InChI is InChI=1S/C18H28N2O2S/c1-4-5-6-16(21)15-9-7-14(8-10-15)11-19-18(22)17-12(2)20-13(3)23-17/h14-15H,4-11H2,1-3H3,(H,19,22). The summed E-state index contributed by atoms with van der Waals surface area (Å²) in [7, 11) is 0. The van der Waals surface area contributed by atoms with Crippen LogP contribution in [-0.4, -0.2) is 23.2 Å². The highest BCUT2D eigenvalue weighted by Gasteiger charge is 2.26. The molecule has 0 spiro atoms. The topological polar surface area (TPSA) is 59.1 Å². The lowest BCUT2D eigenvalue weighted by Gasteiger charge is -2.27. The summed E-state index contributed by atoms with van der Waals surface area (Å²) < 4.78 is 0. The second-order valence-electron chi connectivity index (χ2n) is 6.64. The molecule has 0 radical (unpaired) electrons. The molecular weight excluding hydrogens is 308 g/mol. The number of aromatic nitrogens is 1. The molecule has 0 atom stereocenters. The predicted octanol–water partition coefficient (Wildman–Crippen LogP) is 4.06. The van der Waals surface area contributed by atoms with Crippen molar-refractivity contribution in [2.24, 2.45) is 11.8 Å². The van der Waals surface area contributed by atoms with Crippen molar-refractivity contribution in [3.05, 3.63) is 15.6 Å². The molecule has 0 bridgehead atoms. The van der Waals surface area contributed by atoms with Gasteiger partial charge in [0, 0.05) is 18.9 Å². The van der Waals surface area contributed by atoms with Crippen molar-refractivity contribution in [1.82, 2.24) is 10.3 Å². The van der Waals surface area contributed by atoms with Crippen LogP contribution in [-0.2, 0) is 4.79 Å². The SMILES string of the molecule is CCCCC(=O)C1CCC(CNC(=O)c2sc(C)nc2C)CC1. The van der Waals surface area contributed by atoms with Gasteiger partial charge in [-0.25, -0.2) is 4.98 Å². The Labute approximate surface area is 143 Å². The number of unbranched alkanes of at least 4 members (excludes halogenated alkanes) is 1. The molecule has 1 N–H and O–H groups in total. The molecule has 128 valence electrons. The molecule has 0 aliphatic heterocycles. The fourth-order valence-corrected chi connectivity index (χ4v) is 4.14. The second kappa shape index (κ2) is 8.57. The van der Waals surface area contributed by atoms with Gasteiger partial charge >= 0.3 is 0 Å². The molecule has 1 aromatic heterocycles. The van der Waals surface area contributed by atoms with Crippen molar-refractivity contribution in [3.8, 4) is 0 Å². The monoisotopic (exact) mass is 336 g/mol. The van der Waals surface area contributed by atoms with Gasteiger partial charge in [-0.2, -0.15) is 0 Å². The van der Waals surface area contributed by atoms with Gasteiger partial charge in [-0.05, 0) is 51.9 Å². The quantitative estimate of drug-likeness (QED) is 0.817. The number of amides is 1. The van der Waals surface area contributed by atoms with Crippen LogP contribution >= 0.6 is 11.3 Å². The first-order chi connectivity index (χ1) is 11.0.